The summed E-state index contributed by atoms with van der Waals surface area (Å²) >= 11 is 15.0. The van der Waals surface area contributed by atoms with Crippen molar-refractivity contribution in [3.05, 3.63) is 103 Å². The number of thioether (sulfide) groups is 1. The average molecular weight is 613 g/mol. The summed E-state index contributed by atoms with van der Waals surface area (Å²) in [5.74, 6) is -2.77. The van der Waals surface area contributed by atoms with Crippen molar-refractivity contribution in [1.82, 2.24) is 4.57 Å². The Morgan fingerprint density at radius 1 is 0.925 bits per heavy atom. The lowest BCUT2D eigenvalue weighted by Crippen LogP contribution is -2.33. The number of halogens is 2. The van der Waals surface area contributed by atoms with Gasteiger partial charge in [0.15, 0.2) is 0 Å². The van der Waals surface area contributed by atoms with Crippen LogP contribution >= 0.6 is 46.3 Å². The zero-order valence-corrected chi connectivity index (χ0v) is 23.6. The highest BCUT2D eigenvalue weighted by Gasteiger charge is 2.57. The molecule has 0 saturated carbocycles. The van der Waals surface area contributed by atoms with Crippen LogP contribution in [0, 0.1) is 5.92 Å². The highest BCUT2D eigenvalue weighted by molar-refractivity contribution is 8.00. The van der Waals surface area contributed by atoms with Gasteiger partial charge in [0, 0.05) is 16.5 Å². The first-order chi connectivity index (χ1) is 19.2. The maximum absolute atomic E-state index is 13.9. The third-order valence-electron chi connectivity index (χ3n) is 6.83. The number of nitrogens with zero attached hydrogens (tertiary/aromatic N) is 2. The van der Waals surface area contributed by atoms with E-state index < -0.39 is 39.7 Å². The van der Waals surface area contributed by atoms with Crippen LogP contribution in [0.15, 0.2) is 82.6 Å². The average Bonchev–Trinajstić information content (AvgIpc) is 3.38. The molecule has 6 rings (SSSR count). The smallest absolute Gasteiger partial charge is 0.308 e. The molecule has 3 atom stereocenters. The van der Waals surface area contributed by atoms with Crippen molar-refractivity contribution in [2.45, 2.75) is 22.7 Å². The SMILES string of the molecule is O=C(Cn1c2c(sc1=O)C(c1cccc(Cl)c1Cl)C1C(=O)N(c3ccccc3)C(=O)C1S2)Nc1ccc(O)cc1. The third kappa shape index (κ3) is 4.50. The maximum Gasteiger partial charge on any atom is 0.308 e. The second kappa shape index (κ2) is 10.4. The maximum atomic E-state index is 13.9. The molecule has 40 heavy (non-hydrogen) atoms. The van der Waals surface area contributed by atoms with Gasteiger partial charge in [0.05, 0.1) is 26.7 Å². The Morgan fingerprint density at radius 3 is 2.38 bits per heavy atom. The second-order valence-corrected chi connectivity index (χ2v) is 12.2. The highest BCUT2D eigenvalue weighted by Crippen LogP contribution is 2.55. The molecule has 0 bridgehead atoms. The molecule has 3 amide bonds. The number of anilines is 2. The molecular formula is C28H19Cl2N3O5S2. The van der Waals surface area contributed by atoms with Gasteiger partial charge in [0.25, 0.3) is 0 Å². The highest BCUT2D eigenvalue weighted by atomic mass is 35.5. The summed E-state index contributed by atoms with van der Waals surface area (Å²) in [5, 5.41) is 12.3. The first-order valence-electron chi connectivity index (χ1n) is 12.1. The van der Waals surface area contributed by atoms with Crippen molar-refractivity contribution in [3.8, 4) is 5.75 Å². The van der Waals surface area contributed by atoms with E-state index in [4.69, 9.17) is 23.2 Å². The molecule has 1 saturated heterocycles. The lowest BCUT2D eigenvalue weighted by atomic mass is 9.83. The Kier molecular flexibility index (Phi) is 6.95. The Morgan fingerprint density at radius 2 is 1.65 bits per heavy atom. The fourth-order valence-corrected chi connectivity index (χ4v) is 8.26. The third-order valence-corrected chi connectivity index (χ3v) is 10.3. The fourth-order valence-electron chi connectivity index (χ4n) is 5.07. The molecule has 3 unspecified atom stereocenters. The number of phenolic OH excluding ortho intramolecular Hbond substituents is 1. The van der Waals surface area contributed by atoms with E-state index in [1.807, 2.05) is 0 Å². The molecule has 2 N–H and O–H groups in total. The Bertz CT molecular complexity index is 1720. The van der Waals surface area contributed by atoms with Gasteiger partial charge in [-0.3, -0.25) is 23.7 Å². The van der Waals surface area contributed by atoms with Crippen LogP contribution in [0.4, 0.5) is 11.4 Å². The molecule has 0 radical (unpaired) electrons. The Hall–Kier alpha value is -3.57. The normalized spacial score (nSPS) is 19.9. The van der Waals surface area contributed by atoms with Gasteiger partial charge >= 0.3 is 4.87 Å². The number of rotatable bonds is 5. The van der Waals surface area contributed by atoms with Crippen LogP contribution in [0.5, 0.6) is 5.75 Å². The Balaban J connectivity index is 1.44. The molecule has 4 aromatic rings. The molecule has 3 aromatic carbocycles. The van der Waals surface area contributed by atoms with E-state index in [2.05, 4.69) is 5.32 Å². The van der Waals surface area contributed by atoms with E-state index >= 15 is 0 Å². The molecule has 1 aromatic heterocycles. The summed E-state index contributed by atoms with van der Waals surface area (Å²) in [5.41, 5.74) is 1.44. The minimum Gasteiger partial charge on any atom is -0.508 e. The molecule has 0 spiro atoms. The lowest BCUT2D eigenvalue weighted by Gasteiger charge is -2.31. The van der Waals surface area contributed by atoms with Crippen molar-refractivity contribution in [2.24, 2.45) is 5.92 Å². The van der Waals surface area contributed by atoms with Gasteiger partial charge in [-0.15, -0.1) is 0 Å². The number of thiazole rings is 1. The predicted molar refractivity (Wildman–Crippen MR) is 156 cm³/mol. The topological polar surface area (TPSA) is 109 Å². The number of carbonyl (C=O) groups is 3. The van der Waals surface area contributed by atoms with Crippen molar-refractivity contribution in [2.75, 3.05) is 10.2 Å². The first kappa shape index (κ1) is 26.6. The number of para-hydroxylation sites is 1. The molecule has 3 heterocycles. The van der Waals surface area contributed by atoms with Crippen LogP contribution in [-0.2, 0) is 20.9 Å². The first-order valence-corrected chi connectivity index (χ1v) is 14.6. The summed E-state index contributed by atoms with van der Waals surface area (Å²) in [7, 11) is 0. The van der Waals surface area contributed by atoms with Crippen LogP contribution in [0.1, 0.15) is 16.4 Å². The summed E-state index contributed by atoms with van der Waals surface area (Å²) in [6.45, 7) is -0.309. The molecule has 2 aliphatic heterocycles. The van der Waals surface area contributed by atoms with E-state index in [0.29, 0.717) is 26.8 Å². The summed E-state index contributed by atoms with van der Waals surface area (Å²) in [6.07, 6.45) is 0. The molecule has 0 aliphatic carbocycles. The minimum atomic E-state index is -0.847. The molecule has 1 fully saturated rings. The van der Waals surface area contributed by atoms with Crippen LogP contribution in [0.3, 0.4) is 0 Å². The van der Waals surface area contributed by atoms with Crippen LogP contribution in [0.25, 0.3) is 0 Å². The number of hydrogen-bond acceptors (Lipinski definition) is 7. The number of aromatic nitrogens is 1. The number of amides is 3. The van der Waals surface area contributed by atoms with Gasteiger partial charge in [0.1, 0.15) is 17.5 Å². The van der Waals surface area contributed by atoms with Gasteiger partial charge in [-0.1, -0.05) is 76.6 Å². The van der Waals surface area contributed by atoms with Crippen molar-refractivity contribution < 1.29 is 19.5 Å². The zero-order chi connectivity index (χ0) is 28.1. The summed E-state index contributed by atoms with van der Waals surface area (Å²) < 4.78 is 1.32. The number of benzene rings is 3. The van der Waals surface area contributed by atoms with E-state index in [1.165, 1.54) is 33.7 Å². The number of hydrogen-bond donors (Lipinski definition) is 2. The largest absolute Gasteiger partial charge is 0.508 e. The van der Waals surface area contributed by atoms with Crippen LogP contribution < -0.4 is 15.1 Å². The number of phenols is 1. The van der Waals surface area contributed by atoms with E-state index in [1.54, 1.807) is 48.5 Å². The number of nitrogens with one attached hydrogen (secondary N) is 1. The van der Waals surface area contributed by atoms with Gasteiger partial charge < -0.3 is 10.4 Å². The van der Waals surface area contributed by atoms with E-state index in [-0.39, 0.29) is 22.3 Å². The summed E-state index contributed by atoms with van der Waals surface area (Å²) in [6, 6.07) is 19.7. The van der Waals surface area contributed by atoms with Crippen molar-refractivity contribution in [1.29, 1.82) is 0 Å². The molecule has 202 valence electrons. The second-order valence-electron chi connectivity index (χ2n) is 9.25. The van der Waals surface area contributed by atoms with Gasteiger partial charge in [0.2, 0.25) is 17.7 Å². The number of carbonyl (C=O) groups excluding carboxylic acids is 3. The quantitative estimate of drug-likeness (QED) is 0.232. The number of fused-ring (bicyclic) bond motifs is 2. The lowest BCUT2D eigenvalue weighted by molar-refractivity contribution is -0.122. The summed E-state index contributed by atoms with van der Waals surface area (Å²) in [4.78, 5) is 55.1. The monoisotopic (exact) mass is 611 g/mol. The van der Waals surface area contributed by atoms with Gasteiger partial charge in [-0.25, -0.2) is 4.90 Å². The van der Waals surface area contributed by atoms with Crippen molar-refractivity contribution >= 4 is 75.4 Å². The number of aromatic hydroxyl groups is 1. The molecular weight excluding hydrogens is 593 g/mol. The zero-order valence-electron chi connectivity index (χ0n) is 20.4. The van der Waals surface area contributed by atoms with Gasteiger partial charge in [-0.2, -0.15) is 0 Å². The molecule has 2 aliphatic rings. The van der Waals surface area contributed by atoms with E-state index in [9.17, 15) is 24.3 Å². The molecule has 12 heteroatoms. The van der Waals surface area contributed by atoms with Crippen LogP contribution in [0.2, 0.25) is 10.0 Å². The van der Waals surface area contributed by atoms with Crippen molar-refractivity contribution in [3.63, 3.8) is 0 Å². The fraction of sp³-hybridized carbons (Fsp3) is 0.143. The van der Waals surface area contributed by atoms with Gasteiger partial charge in [-0.05, 0) is 48.0 Å². The van der Waals surface area contributed by atoms with E-state index in [0.717, 1.165) is 23.1 Å². The minimum absolute atomic E-state index is 0.0538. The number of imide groups is 1. The van der Waals surface area contributed by atoms with Crippen LogP contribution in [-0.4, -0.2) is 32.6 Å². The predicted octanol–water partition coefficient (Wildman–Crippen LogP) is 5.36. The Labute approximate surface area is 246 Å². The standard InChI is InChI=1S/C28H19Cl2N3O5S2/c29-18-8-4-7-17(22(18)30)20-21-23(26(37)33(25(21)36)15-5-2-1-3-6-15)39-27-24(20)40-28(38)32(27)13-19(35)31-14-9-11-16(34)12-10-14/h1-12,20-21,23,34H,13H2,(H,31,35). The molecule has 8 nitrogen and oxygen atoms in total.